The summed E-state index contributed by atoms with van der Waals surface area (Å²) in [6, 6.07) is 18.6. The maximum absolute atomic E-state index is 9.09. The first kappa shape index (κ1) is 13.8. The zero-order chi connectivity index (χ0) is 13.7. The highest BCUT2D eigenvalue weighted by Gasteiger charge is 2.16. The number of aliphatic hydroxyl groups is 1. The molecule has 0 aromatic heterocycles. The van der Waals surface area contributed by atoms with E-state index in [2.05, 4.69) is 36.4 Å². The maximum Gasteiger partial charge on any atom is 0.0681 e. The highest BCUT2D eigenvalue weighted by molar-refractivity contribution is 5.28. The molecule has 0 amide bonds. The van der Waals surface area contributed by atoms with E-state index in [0.29, 0.717) is 5.92 Å². The van der Waals surface area contributed by atoms with E-state index in [1.54, 1.807) is 0 Å². The number of hydrogen-bond acceptors (Lipinski definition) is 2. The van der Waals surface area contributed by atoms with Crippen molar-refractivity contribution in [3.05, 3.63) is 71.3 Å². The Kier molecular flexibility index (Phi) is 4.72. The van der Waals surface area contributed by atoms with Gasteiger partial charge >= 0.3 is 0 Å². The number of rotatable bonds is 5. The lowest BCUT2D eigenvalue weighted by Gasteiger charge is -2.21. The second-order valence-electron chi connectivity index (χ2n) is 5.06. The lowest BCUT2D eigenvalue weighted by atomic mass is 9.86. The Morgan fingerprint density at radius 3 is 2.11 bits per heavy atom. The topological polar surface area (TPSA) is 46.2 Å². The third-order valence-corrected chi connectivity index (χ3v) is 3.52. The van der Waals surface area contributed by atoms with Crippen LogP contribution in [0, 0.1) is 0 Å². The molecule has 2 atom stereocenters. The minimum Gasteiger partial charge on any atom is -0.392 e. The molecule has 0 aliphatic rings. The average molecular weight is 255 g/mol. The lowest BCUT2D eigenvalue weighted by Crippen LogP contribution is -2.26. The van der Waals surface area contributed by atoms with Crippen LogP contribution in [0.5, 0.6) is 0 Å². The predicted molar refractivity (Wildman–Crippen MR) is 78.9 cm³/mol. The van der Waals surface area contributed by atoms with Crippen molar-refractivity contribution in [3.8, 4) is 0 Å². The standard InChI is InChI=1S/C17H21NO/c1-13(18)17(11-14-5-3-2-4-6-14)16-9-7-15(12-19)8-10-16/h2-10,13,17,19H,11-12,18H2,1H3. The first-order valence-electron chi connectivity index (χ1n) is 6.70. The third kappa shape index (κ3) is 3.66. The fraction of sp³-hybridized carbons (Fsp3) is 0.294. The van der Waals surface area contributed by atoms with Crippen LogP contribution < -0.4 is 5.73 Å². The molecule has 2 aromatic carbocycles. The first-order valence-corrected chi connectivity index (χ1v) is 6.70. The molecule has 2 nitrogen and oxygen atoms in total. The van der Waals surface area contributed by atoms with Crippen LogP contribution in [0.1, 0.15) is 29.5 Å². The molecule has 0 aliphatic heterocycles. The van der Waals surface area contributed by atoms with Crippen molar-refractivity contribution < 1.29 is 5.11 Å². The Morgan fingerprint density at radius 2 is 1.58 bits per heavy atom. The van der Waals surface area contributed by atoms with E-state index in [0.717, 1.165) is 12.0 Å². The minimum atomic E-state index is 0.0851. The highest BCUT2D eigenvalue weighted by atomic mass is 16.3. The van der Waals surface area contributed by atoms with Crippen molar-refractivity contribution in [1.29, 1.82) is 0 Å². The fourth-order valence-electron chi connectivity index (χ4n) is 2.35. The molecule has 2 rings (SSSR count). The molecule has 0 fully saturated rings. The Balaban J connectivity index is 2.19. The summed E-state index contributed by atoms with van der Waals surface area (Å²) in [5, 5.41) is 9.09. The van der Waals surface area contributed by atoms with Gasteiger partial charge in [-0.15, -0.1) is 0 Å². The van der Waals surface area contributed by atoms with Crippen LogP contribution in [0.2, 0.25) is 0 Å². The van der Waals surface area contributed by atoms with Gasteiger partial charge in [-0.25, -0.2) is 0 Å². The number of benzene rings is 2. The molecule has 3 N–H and O–H groups in total. The van der Waals surface area contributed by atoms with Crippen molar-refractivity contribution in [1.82, 2.24) is 0 Å². The number of aliphatic hydroxyl groups excluding tert-OH is 1. The molecule has 2 unspecified atom stereocenters. The first-order chi connectivity index (χ1) is 9.20. The third-order valence-electron chi connectivity index (χ3n) is 3.52. The Hall–Kier alpha value is -1.64. The average Bonchev–Trinajstić information content (AvgIpc) is 2.46. The summed E-state index contributed by atoms with van der Waals surface area (Å²) in [6.45, 7) is 2.13. The number of hydrogen-bond donors (Lipinski definition) is 2. The van der Waals surface area contributed by atoms with E-state index in [4.69, 9.17) is 10.8 Å². The summed E-state index contributed by atoms with van der Waals surface area (Å²) in [5.74, 6) is 0.301. The van der Waals surface area contributed by atoms with Crippen molar-refractivity contribution in [3.63, 3.8) is 0 Å². The Morgan fingerprint density at radius 1 is 0.947 bits per heavy atom. The van der Waals surface area contributed by atoms with Gasteiger partial charge in [0, 0.05) is 12.0 Å². The van der Waals surface area contributed by atoms with Crippen LogP contribution in [-0.2, 0) is 13.0 Å². The largest absolute Gasteiger partial charge is 0.392 e. The van der Waals surface area contributed by atoms with Gasteiger partial charge in [0.1, 0.15) is 0 Å². The Labute approximate surface area is 114 Å². The van der Waals surface area contributed by atoms with Crippen LogP contribution in [-0.4, -0.2) is 11.1 Å². The Bertz CT molecular complexity index is 490. The molecule has 0 heterocycles. The predicted octanol–water partition coefficient (Wildman–Crippen LogP) is 2.85. The van der Waals surface area contributed by atoms with Crippen LogP contribution in [0.15, 0.2) is 54.6 Å². The van der Waals surface area contributed by atoms with Gasteiger partial charge < -0.3 is 10.8 Å². The van der Waals surface area contributed by atoms with E-state index < -0.39 is 0 Å². The van der Waals surface area contributed by atoms with E-state index in [1.165, 1.54) is 11.1 Å². The van der Waals surface area contributed by atoms with Gasteiger partial charge in [0.25, 0.3) is 0 Å². The van der Waals surface area contributed by atoms with Crippen molar-refractivity contribution in [2.45, 2.75) is 31.9 Å². The summed E-state index contributed by atoms with van der Waals surface area (Å²) >= 11 is 0. The van der Waals surface area contributed by atoms with Gasteiger partial charge in [-0.2, -0.15) is 0 Å². The molecule has 0 saturated heterocycles. The fourth-order valence-corrected chi connectivity index (χ4v) is 2.35. The van der Waals surface area contributed by atoms with Gasteiger partial charge in [0.05, 0.1) is 6.61 Å². The van der Waals surface area contributed by atoms with Gasteiger partial charge in [-0.05, 0) is 30.0 Å². The zero-order valence-electron chi connectivity index (χ0n) is 11.3. The van der Waals surface area contributed by atoms with Crippen molar-refractivity contribution >= 4 is 0 Å². The van der Waals surface area contributed by atoms with Crippen molar-refractivity contribution in [2.75, 3.05) is 0 Å². The summed E-state index contributed by atoms with van der Waals surface area (Å²) in [6.07, 6.45) is 0.941. The van der Waals surface area contributed by atoms with E-state index in [9.17, 15) is 0 Å². The summed E-state index contributed by atoms with van der Waals surface area (Å²) < 4.78 is 0. The number of nitrogens with two attached hydrogens (primary N) is 1. The summed E-state index contributed by atoms with van der Waals surface area (Å²) in [7, 11) is 0. The molecule has 0 bridgehead atoms. The minimum absolute atomic E-state index is 0.0851. The molecule has 2 heteroatoms. The monoisotopic (exact) mass is 255 g/mol. The maximum atomic E-state index is 9.09. The normalized spacial score (nSPS) is 14.1. The molecule has 0 radical (unpaired) electrons. The molecule has 2 aromatic rings. The summed E-state index contributed by atoms with van der Waals surface area (Å²) in [4.78, 5) is 0. The quantitative estimate of drug-likeness (QED) is 0.863. The smallest absolute Gasteiger partial charge is 0.0681 e. The second kappa shape index (κ2) is 6.50. The van der Waals surface area contributed by atoms with Gasteiger partial charge in [-0.3, -0.25) is 0 Å². The molecular formula is C17H21NO. The van der Waals surface area contributed by atoms with E-state index in [1.807, 2.05) is 25.1 Å². The molecule has 19 heavy (non-hydrogen) atoms. The van der Waals surface area contributed by atoms with Gasteiger partial charge in [-0.1, -0.05) is 54.6 Å². The van der Waals surface area contributed by atoms with E-state index in [-0.39, 0.29) is 12.6 Å². The van der Waals surface area contributed by atoms with Crippen LogP contribution in [0.25, 0.3) is 0 Å². The molecule has 0 saturated carbocycles. The van der Waals surface area contributed by atoms with Crippen LogP contribution in [0.3, 0.4) is 0 Å². The second-order valence-corrected chi connectivity index (χ2v) is 5.06. The molecule has 100 valence electrons. The van der Waals surface area contributed by atoms with Gasteiger partial charge in [0.15, 0.2) is 0 Å². The van der Waals surface area contributed by atoms with Crippen LogP contribution in [0.4, 0.5) is 0 Å². The van der Waals surface area contributed by atoms with Crippen LogP contribution >= 0.6 is 0 Å². The van der Waals surface area contributed by atoms with E-state index >= 15 is 0 Å². The molecule has 0 spiro atoms. The van der Waals surface area contributed by atoms with Gasteiger partial charge in [0.2, 0.25) is 0 Å². The zero-order valence-corrected chi connectivity index (χ0v) is 11.3. The lowest BCUT2D eigenvalue weighted by molar-refractivity contribution is 0.282. The molecule has 0 aliphatic carbocycles. The summed E-state index contributed by atoms with van der Waals surface area (Å²) in [5.41, 5.74) is 9.61. The molecular weight excluding hydrogens is 234 g/mol. The van der Waals surface area contributed by atoms with Crippen molar-refractivity contribution in [2.24, 2.45) is 5.73 Å². The highest BCUT2D eigenvalue weighted by Crippen LogP contribution is 2.24. The SMILES string of the molecule is CC(N)C(Cc1ccccc1)c1ccc(CO)cc1.